The number of ether oxygens (including phenoxy) is 1. The van der Waals surface area contributed by atoms with E-state index in [9.17, 15) is 17.6 Å². The maximum absolute atomic E-state index is 12.3. The Morgan fingerprint density at radius 2 is 1.77 bits per heavy atom. The lowest BCUT2D eigenvalue weighted by Gasteiger charge is -2.26. The summed E-state index contributed by atoms with van der Waals surface area (Å²) in [5, 5.41) is 0. The first kappa shape index (κ1) is 12.7. The molecule has 0 rings (SSSR count). The molecule has 1 unspecified atom stereocenters. The molecule has 0 aliphatic carbocycles. The van der Waals surface area contributed by atoms with Crippen LogP contribution in [0.25, 0.3) is 0 Å². The molecule has 0 aliphatic rings. The van der Waals surface area contributed by atoms with Crippen LogP contribution >= 0.6 is 0 Å². The van der Waals surface area contributed by atoms with Crippen LogP contribution in [0, 0.1) is 0 Å². The normalized spacial score (nSPS) is 17.1. The van der Waals surface area contributed by atoms with Crippen LogP contribution in [0.2, 0.25) is 0 Å². The Kier molecular flexibility index (Phi) is 4.67. The molecule has 0 aromatic rings. The van der Waals surface area contributed by atoms with Crippen molar-refractivity contribution in [3.63, 3.8) is 0 Å². The number of hydrogen-bond acceptors (Lipinski definition) is 1. The van der Waals surface area contributed by atoms with Crippen molar-refractivity contribution in [3.05, 3.63) is 0 Å². The summed E-state index contributed by atoms with van der Waals surface area (Å²) in [6.07, 6.45) is -3.50. The smallest absolute Gasteiger partial charge is 0.363 e. The lowest BCUT2D eigenvalue weighted by atomic mass is 10.0. The van der Waals surface area contributed by atoms with E-state index >= 15 is 0 Å². The van der Waals surface area contributed by atoms with Crippen molar-refractivity contribution in [1.82, 2.24) is 0 Å². The summed E-state index contributed by atoms with van der Waals surface area (Å²) in [6.45, 7) is 0.845. The van der Waals surface area contributed by atoms with Gasteiger partial charge < -0.3 is 4.74 Å². The Balaban J connectivity index is 3.97. The summed E-state index contributed by atoms with van der Waals surface area (Å²) in [4.78, 5) is 0. The van der Waals surface area contributed by atoms with Gasteiger partial charge in [-0.15, -0.1) is 0 Å². The van der Waals surface area contributed by atoms with Gasteiger partial charge in [-0.2, -0.15) is 13.2 Å². The van der Waals surface area contributed by atoms with E-state index < -0.39 is 25.1 Å². The predicted octanol–water partition coefficient (Wildman–Crippen LogP) is 3.09. The van der Waals surface area contributed by atoms with Crippen molar-refractivity contribution in [3.8, 4) is 0 Å². The highest BCUT2D eigenvalue weighted by Gasteiger charge is 2.33. The molecular formula is C8H14F4O. The van der Waals surface area contributed by atoms with Crippen LogP contribution in [0.15, 0.2) is 0 Å². The third-order valence-electron chi connectivity index (χ3n) is 1.65. The maximum Gasteiger partial charge on any atom is 0.411 e. The molecule has 0 aromatic heterocycles. The molecule has 0 fully saturated rings. The van der Waals surface area contributed by atoms with E-state index in [1.54, 1.807) is 6.92 Å². The molecule has 0 bridgehead atoms. The van der Waals surface area contributed by atoms with Gasteiger partial charge in [0.2, 0.25) is 0 Å². The van der Waals surface area contributed by atoms with Crippen LogP contribution < -0.4 is 0 Å². The average molecular weight is 202 g/mol. The van der Waals surface area contributed by atoms with Crippen LogP contribution in [0.3, 0.4) is 0 Å². The Hall–Kier alpha value is -0.320. The van der Waals surface area contributed by atoms with Crippen molar-refractivity contribution in [2.75, 3.05) is 13.3 Å². The molecule has 0 amide bonds. The Labute approximate surface area is 75.1 Å². The van der Waals surface area contributed by atoms with Gasteiger partial charge in [0.05, 0.1) is 5.60 Å². The fourth-order valence-corrected chi connectivity index (χ4v) is 0.962. The number of alkyl halides is 4. The number of halogens is 4. The summed E-state index contributed by atoms with van der Waals surface area (Å²) in [5.41, 5.74) is -1.29. The largest absolute Gasteiger partial charge is 0.411 e. The highest BCUT2D eigenvalue weighted by molar-refractivity contribution is 4.74. The lowest BCUT2D eigenvalue weighted by molar-refractivity contribution is -0.206. The SMILES string of the molecule is CCCC(C)(CF)OCC(F)(F)F. The molecule has 1 nitrogen and oxygen atoms in total. The van der Waals surface area contributed by atoms with Crippen LogP contribution in [0.1, 0.15) is 26.7 Å². The molecule has 80 valence electrons. The van der Waals surface area contributed by atoms with Crippen LogP contribution in [-0.4, -0.2) is 25.1 Å². The zero-order valence-corrected chi connectivity index (χ0v) is 7.75. The van der Waals surface area contributed by atoms with E-state index in [1.807, 2.05) is 0 Å². The summed E-state index contributed by atoms with van der Waals surface area (Å²) in [7, 11) is 0. The third kappa shape index (κ3) is 5.85. The van der Waals surface area contributed by atoms with Crippen LogP contribution in [0.5, 0.6) is 0 Å². The van der Waals surface area contributed by atoms with Gasteiger partial charge in [-0.05, 0) is 13.3 Å². The molecule has 0 heterocycles. The first-order chi connectivity index (χ1) is 5.83. The number of rotatable bonds is 5. The van der Waals surface area contributed by atoms with E-state index in [2.05, 4.69) is 4.74 Å². The molecule has 13 heavy (non-hydrogen) atoms. The average Bonchev–Trinajstić information content (AvgIpc) is 2.01. The van der Waals surface area contributed by atoms with E-state index in [0.29, 0.717) is 12.8 Å². The number of hydrogen-bond donors (Lipinski definition) is 0. The monoisotopic (exact) mass is 202 g/mol. The van der Waals surface area contributed by atoms with Gasteiger partial charge in [-0.25, -0.2) is 4.39 Å². The first-order valence-corrected chi connectivity index (χ1v) is 4.09. The quantitative estimate of drug-likeness (QED) is 0.622. The van der Waals surface area contributed by atoms with Crippen molar-refractivity contribution >= 4 is 0 Å². The minimum atomic E-state index is -4.38. The van der Waals surface area contributed by atoms with Crippen molar-refractivity contribution in [2.24, 2.45) is 0 Å². The summed E-state index contributed by atoms with van der Waals surface area (Å²) in [5.74, 6) is 0. The molecule has 1 atom stereocenters. The second-order valence-corrected chi connectivity index (χ2v) is 3.24. The zero-order chi connectivity index (χ0) is 10.5. The standard InChI is InChI=1S/C8H14F4O/c1-3-4-7(2,5-9)13-6-8(10,11)12/h3-6H2,1-2H3. The predicted molar refractivity (Wildman–Crippen MR) is 41.3 cm³/mol. The van der Waals surface area contributed by atoms with Gasteiger partial charge in [0.15, 0.2) is 0 Å². The Bertz CT molecular complexity index is 146. The van der Waals surface area contributed by atoms with Gasteiger partial charge in [0, 0.05) is 0 Å². The fourth-order valence-electron chi connectivity index (χ4n) is 0.962. The van der Waals surface area contributed by atoms with Gasteiger partial charge >= 0.3 is 6.18 Å². The zero-order valence-electron chi connectivity index (χ0n) is 7.75. The van der Waals surface area contributed by atoms with E-state index in [-0.39, 0.29) is 0 Å². The Morgan fingerprint density at radius 1 is 1.23 bits per heavy atom. The third-order valence-corrected chi connectivity index (χ3v) is 1.65. The fraction of sp³-hybridized carbons (Fsp3) is 1.00. The molecule has 0 spiro atoms. The summed E-state index contributed by atoms with van der Waals surface area (Å²) < 4.78 is 51.9. The van der Waals surface area contributed by atoms with Crippen molar-refractivity contribution in [2.45, 2.75) is 38.5 Å². The van der Waals surface area contributed by atoms with Crippen LogP contribution in [0.4, 0.5) is 17.6 Å². The Morgan fingerprint density at radius 3 is 2.08 bits per heavy atom. The van der Waals surface area contributed by atoms with Gasteiger partial charge in [0.25, 0.3) is 0 Å². The van der Waals surface area contributed by atoms with Gasteiger partial charge in [-0.1, -0.05) is 13.3 Å². The lowest BCUT2D eigenvalue weighted by Crippen LogP contribution is -2.35. The molecule has 0 aliphatic heterocycles. The molecule has 0 saturated heterocycles. The topological polar surface area (TPSA) is 9.23 Å². The van der Waals surface area contributed by atoms with Gasteiger partial charge in [0.1, 0.15) is 13.3 Å². The van der Waals surface area contributed by atoms with Crippen molar-refractivity contribution in [1.29, 1.82) is 0 Å². The minimum Gasteiger partial charge on any atom is -0.363 e. The van der Waals surface area contributed by atoms with E-state index in [0.717, 1.165) is 0 Å². The molecule has 0 saturated carbocycles. The highest BCUT2D eigenvalue weighted by atomic mass is 19.4. The minimum absolute atomic E-state index is 0.291. The van der Waals surface area contributed by atoms with E-state index in [4.69, 9.17) is 0 Å². The molecular weight excluding hydrogens is 188 g/mol. The van der Waals surface area contributed by atoms with Crippen molar-refractivity contribution < 1.29 is 22.3 Å². The van der Waals surface area contributed by atoms with Crippen LogP contribution in [-0.2, 0) is 4.74 Å². The second-order valence-electron chi connectivity index (χ2n) is 3.24. The second kappa shape index (κ2) is 4.79. The first-order valence-electron chi connectivity index (χ1n) is 4.09. The maximum atomic E-state index is 12.3. The molecule has 0 radical (unpaired) electrons. The molecule has 0 aromatic carbocycles. The molecule has 0 N–H and O–H groups in total. The highest BCUT2D eigenvalue weighted by Crippen LogP contribution is 2.23. The molecule has 5 heteroatoms. The summed E-state index contributed by atoms with van der Waals surface area (Å²) >= 11 is 0. The van der Waals surface area contributed by atoms with Gasteiger partial charge in [-0.3, -0.25) is 0 Å². The summed E-state index contributed by atoms with van der Waals surface area (Å²) in [6, 6.07) is 0. The van der Waals surface area contributed by atoms with E-state index in [1.165, 1.54) is 6.92 Å².